The first-order chi connectivity index (χ1) is 11.4. The second-order valence-electron chi connectivity index (χ2n) is 4.93. The molecule has 0 atom stereocenters. The van der Waals surface area contributed by atoms with Crippen LogP contribution in [-0.2, 0) is 6.54 Å². The molecule has 1 aromatic carbocycles. The minimum atomic E-state index is 0.499. The lowest BCUT2D eigenvalue weighted by Gasteiger charge is -2.06. The fourth-order valence-electron chi connectivity index (χ4n) is 2.32. The lowest BCUT2D eigenvalue weighted by Crippen LogP contribution is -2.04. The molecule has 7 heteroatoms. The van der Waals surface area contributed by atoms with E-state index in [1.807, 2.05) is 36.4 Å². The molecule has 4 aromatic rings. The molecule has 0 fully saturated rings. The van der Waals surface area contributed by atoms with Crippen molar-refractivity contribution >= 4 is 16.7 Å². The molecule has 0 aliphatic carbocycles. The van der Waals surface area contributed by atoms with Crippen LogP contribution in [0.5, 0.6) is 0 Å². The summed E-state index contributed by atoms with van der Waals surface area (Å²) in [4.78, 5) is 17.0. The van der Waals surface area contributed by atoms with Crippen molar-refractivity contribution in [3.05, 3.63) is 60.9 Å². The Bertz CT molecular complexity index is 928. The molecular weight excluding hydrogens is 290 g/mol. The highest BCUT2D eigenvalue weighted by molar-refractivity contribution is 5.88. The zero-order valence-corrected chi connectivity index (χ0v) is 12.1. The van der Waals surface area contributed by atoms with Crippen molar-refractivity contribution in [1.29, 1.82) is 0 Å². The van der Waals surface area contributed by atoms with Crippen molar-refractivity contribution in [2.24, 2.45) is 0 Å². The zero-order valence-electron chi connectivity index (χ0n) is 12.1. The molecule has 0 amide bonds. The van der Waals surface area contributed by atoms with E-state index >= 15 is 0 Å². The second kappa shape index (κ2) is 5.80. The molecule has 3 heterocycles. The summed E-state index contributed by atoms with van der Waals surface area (Å²) in [5.41, 5.74) is 1.83. The lowest BCUT2D eigenvalue weighted by molar-refractivity contribution is 0.948. The van der Waals surface area contributed by atoms with Gasteiger partial charge >= 0.3 is 0 Å². The van der Waals surface area contributed by atoms with Gasteiger partial charge in [-0.1, -0.05) is 12.1 Å². The summed E-state index contributed by atoms with van der Waals surface area (Å²) in [5, 5.41) is 11.4. The summed E-state index contributed by atoms with van der Waals surface area (Å²) < 4.78 is 0. The number of rotatable bonds is 4. The number of aromatic nitrogens is 6. The van der Waals surface area contributed by atoms with Gasteiger partial charge < -0.3 is 5.32 Å². The van der Waals surface area contributed by atoms with Gasteiger partial charge in [-0.25, -0.2) is 15.0 Å². The van der Waals surface area contributed by atoms with E-state index in [1.54, 1.807) is 18.7 Å². The summed E-state index contributed by atoms with van der Waals surface area (Å²) in [7, 11) is 0. The van der Waals surface area contributed by atoms with E-state index in [1.165, 1.54) is 0 Å². The van der Waals surface area contributed by atoms with Gasteiger partial charge in [0.1, 0.15) is 18.0 Å². The van der Waals surface area contributed by atoms with Crippen molar-refractivity contribution < 1.29 is 0 Å². The quantitative estimate of drug-likeness (QED) is 0.601. The predicted molar refractivity (Wildman–Crippen MR) is 86.5 cm³/mol. The average Bonchev–Trinajstić information content (AvgIpc) is 3.10. The molecule has 0 spiro atoms. The third kappa shape index (κ3) is 2.71. The molecule has 0 saturated carbocycles. The van der Waals surface area contributed by atoms with Crippen molar-refractivity contribution in [2.75, 3.05) is 5.32 Å². The molecule has 2 N–H and O–H groups in total. The van der Waals surface area contributed by atoms with Crippen LogP contribution in [0.4, 0.5) is 5.82 Å². The number of fused-ring (bicyclic) bond motifs is 1. The van der Waals surface area contributed by atoms with Crippen LogP contribution in [0, 0.1) is 0 Å². The number of pyridine rings is 1. The smallest absolute Gasteiger partial charge is 0.181 e. The van der Waals surface area contributed by atoms with E-state index in [4.69, 9.17) is 0 Å². The summed E-state index contributed by atoms with van der Waals surface area (Å²) in [6.45, 7) is 0.499. The van der Waals surface area contributed by atoms with Gasteiger partial charge in [0, 0.05) is 23.3 Å². The van der Waals surface area contributed by atoms with E-state index in [0.29, 0.717) is 12.4 Å². The predicted octanol–water partition coefficient (Wildman–Crippen LogP) is 2.42. The van der Waals surface area contributed by atoms with Crippen LogP contribution in [0.2, 0.25) is 0 Å². The van der Waals surface area contributed by atoms with Crippen LogP contribution in [0.25, 0.3) is 22.3 Å². The highest BCUT2D eigenvalue weighted by Gasteiger charge is 2.07. The first-order valence-corrected chi connectivity index (χ1v) is 7.15. The molecule has 3 aromatic heterocycles. The third-order valence-corrected chi connectivity index (χ3v) is 3.44. The average molecular weight is 303 g/mol. The molecule has 0 saturated heterocycles. The summed E-state index contributed by atoms with van der Waals surface area (Å²) in [6, 6.07) is 11.6. The van der Waals surface area contributed by atoms with Gasteiger partial charge in [-0.3, -0.25) is 10.1 Å². The molecule has 4 rings (SSSR count). The van der Waals surface area contributed by atoms with Gasteiger partial charge in [0.25, 0.3) is 0 Å². The van der Waals surface area contributed by atoms with E-state index in [-0.39, 0.29) is 0 Å². The van der Waals surface area contributed by atoms with E-state index in [0.717, 1.165) is 28.1 Å². The van der Waals surface area contributed by atoms with E-state index in [9.17, 15) is 0 Å². The number of nitrogens with zero attached hydrogens (tertiary/aromatic N) is 5. The largest absolute Gasteiger partial charge is 0.362 e. The molecule has 0 aliphatic rings. The normalized spacial score (nSPS) is 10.8. The van der Waals surface area contributed by atoms with Crippen LogP contribution in [-0.4, -0.2) is 30.1 Å². The van der Waals surface area contributed by atoms with Crippen LogP contribution < -0.4 is 5.32 Å². The van der Waals surface area contributed by atoms with Crippen LogP contribution >= 0.6 is 0 Å². The van der Waals surface area contributed by atoms with Gasteiger partial charge in [0.05, 0.1) is 12.1 Å². The SMILES string of the molecule is c1ccc2c(NCc3nc(-c4ccncc4)n[nH]3)ncnc2c1. The maximum absolute atomic E-state index is 4.48. The van der Waals surface area contributed by atoms with Crippen LogP contribution in [0.3, 0.4) is 0 Å². The lowest BCUT2D eigenvalue weighted by atomic mass is 10.2. The Morgan fingerprint density at radius 1 is 1.00 bits per heavy atom. The topological polar surface area (TPSA) is 92.3 Å². The number of nitrogens with one attached hydrogen (secondary N) is 2. The second-order valence-corrected chi connectivity index (χ2v) is 4.93. The zero-order chi connectivity index (χ0) is 15.5. The maximum Gasteiger partial charge on any atom is 0.181 e. The van der Waals surface area contributed by atoms with Crippen molar-refractivity contribution in [2.45, 2.75) is 6.54 Å². The number of hydrogen-bond acceptors (Lipinski definition) is 6. The van der Waals surface area contributed by atoms with E-state index in [2.05, 4.69) is 35.5 Å². The van der Waals surface area contributed by atoms with Crippen LogP contribution in [0.15, 0.2) is 55.1 Å². The monoisotopic (exact) mass is 303 g/mol. The Labute approximate surface area is 131 Å². The summed E-state index contributed by atoms with van der Waals surface area (Å²) in [5.74, 6) is 2.16. The fraction of sp³-hybridized carbons (Fsp3) is 0.0625. The standard InChI is InChI=1S/C16H13N7/c1-2-4-13-12(3-1)16(20-10-19-13)18-9-14-21-15(23-22-14)11-5-7-17-8-6-11/h1-8,10H,9H2,(H,18,19,20)(H,21,22,23). The van der Waals surface area contributed by atoms with E-state index < -0.39 is 0 Å². The van der Waals surface area contributed by atoms with Crippen molar-refractivity contribution in [3.63, 3.8) is 0 Å². The molecule has 0 aliphatic heterocycles. The number of anilines is 1. The number of aromatic amines is 1. The first-order valence-electron chi connectivity index (χ1n) is 7.15. The molecule has 23 heavy (non-hydrogen) atoms. The maximum atomic E-state index is 4.48. The van der Waals surface area contributed by atoms with Gasteiger partial charge in [0.15, 0.2) is 5.82 Å². The summed E-state index contributed by atoms with van der Waals surface area (Å²) in [6.07, 6.45) is 4.99. The first kappa shape index (κ1) is 13.3. The third-order valence-electron chi connectivity index (χ3n) is 3.44. The Balaban J connectivity index is 1.54. The van der Waals surface area contributed by atoms with Crippen molar-refractivity contribution in [3.8, 4) is 11.4 Å². The highest BCUT2D eigenvalue weighted by atomic mass is 15.2. The Hall–Kier alpha value is -3.35. The van der Waals surface area contributed by atoms with Gasteiger partial charge in [-0.2, -0.15) is 5.10 Å². The Morgan fingerprint density at radius 2 is 1.87 bits per heavy atom. The minimum Gasteiger partial charge on any atom is -0.362 e. The van der Waals surface area contributed by atoms with Crippen molar-refractivity contribution in [1.82, 2.24) is 30.1 Å². The molecule has 112 valence electrons. The van der Waals surface area contributed by atoms with Gasteiger partial charge in [-0.15, -0.1) is 0 Å². The molecule has 0 unspecified atom stereocenters. The van der Waals surface area contributed by atoms with Gasteiger partial charge in [-0.05, 0) is 24.3 Å². The molecule has 0 radical (unpaired) electrons. The highest BCUT2D eigenvalue weighted by Crippen LogP contribution is 2.19. The molecule has 0 bridgehead atoms. The summed E-state index contributed by atoms with van der Waals surface area (Å²) >= 11 is 0. The molecule has 7 nitrogen and oxygen atoms in total. The Morgan fingerprint density at radius 3 is 2.78 bits per heavy atom. The minimum absolute atomic E-state index is 0.499. The Kier molecular flexibility index (Phi) is 3.36. The number of benzene rings is 1. The number of H-pyrrole nitrogens is 1. The number of para-hydroxylation sites is 1. The number of hydrogen-bond donors (Lipinski definition) is 2. The fourth-order valence-corrected chi connectivity index (χ4v) is 2.32. The van der Waals surface area contributed by atoms with Crippen LogP contribution in [0.1, 0.15) is 5.82 Å². The molecular formula is C16H13N7. The van der Waals surface area contributed by atoms with Gasteiger partial charge in [0.2, 0.25) is 0 Å².